The Hall–Kier alpha value is -3.06. The highest BCUT2D eigenvalue weighted by molar-refractivity contribution is 6.30. The molecule has 8 heteroatoms. The van der Waals surface area contributed by atoms with Crippen LogP contribution in [0.25, 0.3) is 0 Å². The number of rotatable bonds is 4. The molecule has 0 saturated carbocycles. The van der Waals surface area contributed by atoms with Gasteiger partial charge in [-0.3, -0.25) is 0 Å². The highest BCUT2D eigenvalue weighted by Crippen LogP contribution is 2.33. The highest BCUT2D eigenvalue weighted by atomic mass is 35.5. The lowest BCUT2D eigenvalue weighted by Crippen LogP contribution is -2.15. The lowest BCUT2D eigenvalue weighted by molar-refractivity contribution is 0.171. The first-order valence-corrected chi connectivity index (χ1v) is 8.03. The zero-order valence-electron chi connectivity index (χ0n) is 13.1. The number of nitrogens with one attached hydrogen (secondary N) is 2. The number of benzene rings is 2. The normalized spacial score (nSPS) is 12.5. The fourth-order valence-corrected chi connectivity index (χ4v) is 2.57. The van der Waals surface area contributed by atoms with Gasteiger partial charge in [0.1, 0.15) is 13.2 Å². The van der Waals surface area contributed by atoms with Crippen molar-refractivity contribution in [1.82, 2.24) is 15.2 Å². The molecule has 0 spiro atoms. The summed E-state index contributed by atoms with van der Waals surface area (Å²) in [5.74, 6) is 2.36. The average molecular weight is 356 g/mol. The monoisotopic (exact) mass is 355 g/mol. The van der Waals surface area contributed by atoms with E-state index < -0.39 is 0 Å². The van der Waals surface area contributed by atoms with Crippen molar-refractivity contribution in [2.24, 2.45) is 0 Å². The molecule has 0 amide bonds. The number of ether oxygens (including phenoxy) is 2. The van der Waals surface area contributed by atoms with Crippen LogP contribution < -0.4 is 20.1 Å². The second-order valence-electron chi connectivity index (χ2n) is 5.28. The molecule has 1 aliphatic heterocycles. The van der Waals surface area contributed by atoms with Gasteiger partial charge in [-0.05, 0) is 30.3 Å². The third kappa shape index (κ3) is 3.72. The smallest absolute Gasteiger partial charge is 0.249 e. The van der Waals surface area contributed by atoms with Crippen molar-refractivity contribution in [2.75, 3.05) is 23.8 Å². The molecule has 2 aromatic carbocycles. The summed E-state index contributed by atoms with van der Waals surface area (Å²) in [5, 5.41) is 14.8. The molecule has 2 N–H and O–H groups in total. The predicted octanol–water partition coefficient (Wildman–Crippen LogP) is 3.78. The SMILES string of the molecule is Clc1cccc(Nc2nncc(Nc3ccc4c(c3)OCCO4)n2)c1. The summed E-state index contributed by atoms with van der Waals surface area (Å²) in [6, 6.07) is 12.9. The Bertz CT molecular complexity index is 906. The van der Waals surface area contributed by atoms with E-state index in [1.54, 1.807) is 18.3 Å². The number of hydrogen-bond donors (Lipinski definition) is 2. The van der Waals surface area contributed by atoms with Crippen molar-refractivity contribution in [3.05, 3.63) is 53.7 Å². The molecule has 4 rings (SSSR count). The van der Waals surface area contributed by atoms with E-state index in [1.807, 2.05) is 30.3 Å². The van der Waals surface area contributed by atoms with Crippen LogP contribution in [0.4, 0.5) is 23.1 Å². The van der Waals surface area contributed by atoms with Gasteiger partial charge in [0.2, 0.25) is 5.95 Å². The minimum atomic E-state index is 0.366. The van der Waals surface area contributed by atoms with Crippen LogP contribution in [0.15, 0.2) is 48.7 Å². The molecule has 1 aromatic heterocycles. The molecule has 7 nitrogen and oxygen atoms in total. The molecule has 3 aromatic rings. The molecule has 126 valence electrons. The summed E-state index contributed by atoms with van der Waals surface area (Å²) >= 11 is 5.98. The first kappa shape index (κ1) is 15.5. The third-order valence-corrected chi connectivity index (χ3v) is 3.69. The fraction of sp³-hybridized carbons (Fsp3) is 0.118. The van der Waals surface area contributed by atoms with E-state index >= 15 is 0 Å². The van der Waals surface area contributed by atoms with E-state index in [2.05, 4.69) is 25.8 Å². The topological polar surface area (TPSA) is 81.2 Å². The van der Waals surface area contributed by atoms with Crippen LogP contribution in [0, 0.1) is 0 Å². The first-order valence-electron chi connectivity index (χ1n) is 7.65. The van der Waals surface area contributed by atoms with Crippen molar-refractivity contribution in [3.8, 4) is 11.5 Å². The molecule has 2 heterocycles. The summed E-state index contributed by atoms with van der Waals surface area (Å²) in [7, 11) is 0. The molecule has 0 atom stereocenters. The van der Waals surface area contributed by atoms with Gasteiger partial charge in [0, 0.05) is 22.5 Å². The number of hydrogen-bond acceptors (Lipinski definition) is 7. The number of fused-ring (bicyclic) bond motifs is 1. The van der Waals surface area contributed by atoms with E-state index in [-0.39, 0.29) is 0 Å². The largest absolute Gasteiger partial charge is 0.486 e. The molecule has 0 bridgehead atoms. The lowest BCUT2D eigenvalue weighted by Gasteiger charge is -2.19. The molecule has 0 fully saturated rings. The third-order valence-electron chi connectivity index (χ3n) is 3.45. The second kappa shape index (κ2) is 6.82. The minimum absolute atomic E-state index is 0.366. The van der Waals surface area contributed by atoms with Crippen molar-refractivity contribution >= 4 is 34.7 Å². The van der Waals surface area contributed by atoms with Crippen molar-refractivity contribution in [1.29, 1.82) is 0 Å². The van der Waals surface area contributed by atoms with Crippen LogP contribution in [0.1, 0.15) is 0 Å². The Morgan fingerprint density at radius 2 is 1.76 bits per heavy atom. The van der Waals surface area contributed by atoms with E-state index in [0.717, 1.165) is 17.1 Å². The van der Waals surface area contributed by atoms with Crippen LogP contribution in [-0.2, 0) is 0 Å². The molecule has 0 saturated heterocycles. The van der Waals surface area contributed by atoms with Gasteiger partial charge >= 0.3 is 0 Å². The lowest BCUT2D eigenvalue weighted by atomic mass is 10.2. The Morgan fingerprint density at radius 3 is 2.64 bits per heavy atom. The summed E-state index contributed by atoms with van der Waals surface area (Å²) in [6.07, 6.45) is 1.54. The molecule has 0 aliphatic carbocycles. The van der Waals surface area contributed by atoms with E-state index in [1.165, 1.54) is 0 Å². The molecular formula is C17H14ClN5O2. The maximum atomic E-state index is 5.98. The highest BCUT2D eigenvalue weighted by Gasteiger charge is 2.12. The first-order chi connectivity index (χ1) is 12.3. The number of nitrogens with zero attached hydrogens (tertiary/aromatic N) is 3. The van der Waals surface area contributed by atoms with Gasteiger partial charge in [-0.1, -0.05) is 17.7 Å². The summed E-state index contributed by atoms with van der Waals surface area (Å²) in [6.45, 7) is 1.10. The molecule has 0 radical (unpaired) electrons. The van der Waals surface area contributed by atoms with Crippen LogP contribution in [0.2, 0.25) is 5.02 Å². The van der Waals surface area contributed by atoms with Gasteiger partial charge < -0.3 is 20.1 Å². The van der Waals surface area contributed by atoms with E-state index in [0.29, 0.717) is 35.8 Å². The van der Waals surface area contributed by atoms with Crippen LogP contribution in [-0.4, -0.2) is 28.4 Å². The van der Waals surface area contributed by atoms with Gasteiger partial charge in [-0.15, -0.1) is 5.10 Å². The van der Waals surface area contributed by atoms with Crippen molar-refractivity contribution in [3.63, 3.8) is 0 Å². The Labute approximate surface area is 149 Å². The summed E-state index contributed by atoms with van der Waals surface area (Å²) in [4.78, 5) is 4.39. The predicted molar refractivity (Wildman–Crippen MR) is 95.3 cm³/mol. The Morgan fingerprint density at radius 1 is 0.920 bits per heavy atom. The Balaban J connectivity index is 1.51. The molecule has 0 unspecified atom stereocenters. The molecule has 1 aliphatic rings. The Kier molecular flexibility index (Phi) is 4.22. The zero-order valence-corrected chi connectivity index (χ0v) is 13.8. The molecular weight excluding hydrogens is 342 g/mol. The van der Waals surface area contributed by atoms with Crippen LogP contribution >= 0.6 is 11.6 Å². The van der Waals surface area contributed by atoms with Gasteiger partial charge in [-0.2, -0.15) is 10.1 Å². The van der Waals surface area contributed by atoms with Crippen LogP contribution in [0.3, 0.4) is 0 Å². The number of anilines is 4. The van der Waals surface area contributed by atoms with Gasteiger partial charge in [0.25, 0.3) is 0 Å². The fourth-order valence-electron chi connectivity index (χ4n) is 2.38. The van der Waals surface area contributed by atoms with Crippen molar-refractivity contribution < 1.29 is 9.47 Å². The van der Waals surface area contributed by atoms with E-state index in [4.69, 9.17) is 21.1 Å². The van der Waals surface area contributed by atoms with Gasteiger partial charge in [0.05, 0.1) is 6.20 Å². The van der Waals surface area contributed by atoms with Crippen LogP contribution in [0.5, 0.6) is 11.5 Å². The number of halogens is 1. The van der Waals surface area contributed by atoms with E-state index in [9.17, 15) is 0 Å². The van der Waals surface area contributed by atoms with Crippen molar-refractivity contribution in [2.45, 2.75) is 0 Å². The zero-order chi connectivity index (χ0) is 17.1. The maximum absolute atomic E-state index is 5.98. The summed E-state index contributed by atoms with van der Waals surface area (Å²) in [5.41, 5.74) is 1.60. The average Bonchev–Trinajstić information content (AvgIpc) is 2.62. The minimum Gasteiger partial charge on any atom is -0.486 e. The quantitative estimate of drug-likeness (QED) is 0.737. The molecule has 25 heavy (non-hydrogen) atoms. The van der Waals surface area contributed by atoms with Gasteiger partial charge in [0.15, 0.2) is 17.3 Å². The maximum Gasteiger partial charge on any atom is 0.249 e. The standard InChI is InChI=1S/C17H14ClN5O2/c18-11-2-1-3-12(8-11)21-17-22-16(10-19-23-17)20-13-4-5-14-15(9-13)25-7-6-24-14/h1-5,8-10H,6-7H2,(H2,20,21,22,23). The van der Waals surface area contributed by atoms with Gasteiger partial charge in [-0.25, -0.2) is 0 Å². The number of aromatic nitrogens is 3. The second-order valence-corrected chi connectivity index (χ2v) is 5.72. The summed E-state index contributed by atoms with van der Waals surface area (Å²) < 4.78 is 11.1.